The number of rotatable bonds is 20. The van der Waals surface area contributed by atoms with Crippen molar-refractivity contribution in [1.29, 1.82) is 0 Å². The lowest BCUT2D eigenvalue weighted by molar-refractivity contribution is -0.157. The van der Waals surface area contributed by atoms with E-state index in [-0.39, 0.29) is 24.5 Å². The molecule has 0 heterocycles. The van der Waals surface area contributed by atoms with E-state index in [0.717, 1.165) is 45.1 Å². The van der Waals surface area contributed by atoms with E-state index >= 15 is 0 Å². The minimum atomic E-state index is -0.921. The lowest BCUT2D eigenvalue weighted by Gasteiger charge is -2.18. The third-order valence-corrected chi connectivity index (χ3v) is 5.46. The second kappa shape index (κ2) is 20.1. The van der Waals surface area contributed by atoms with E-state index in [1.807, 2.05) is 19.0 Å². The quantitative estimate of drug-likeness (QED) is 0.124. The van der Waals surface area contributed by atoms with Crippen molar-refractivity contribution in [2.75, 3.05) is 27.2 Å². The summed E-state index contributed by atoms with van der Waals surface area (Å²) in [7, 11) is 3.91. The van der Waals surface area contributed by atoms with Crippen molar-refractivity contribution in [2.45, 2.75) is 109 Å². The Morgan fingerprint density at radius 2 is 1.37 bits per heavy atom. The van der Waals surface area contributed by atoms with E-state index in [4.69, 9.17) is 21.1 Å². The van der Waals surface area contributed by atoms with Crippen molar-refractivity contribution in [2.24, 2.45) is 5.92 Å². The first kappa shape index (κ1) is 29.2. The van der Waals surface area contributed by atoms with Crippen LogP contribution in [0.2, 0.25) is 0 Å². The molecular formula is C24H46ClNO4. The maximum Gasteiger partial charge on any atom is 0.309 e. The molecule has 0 saturated heterocycles. The van der Waals surface area contributed by atoms with Gasteiger partial charge in [-0.15, -0.1) is 0 Å². The summed E-state index contributed by atoms with van der Waals surface area (Å²) in [5.41, 5.74) is -0.921. The molecule has 0 bridgehead atoms. The van der Waals surface area contributed by atoms with Gasteiger partial charge in [-0.05, 0) is 39.9 Å². The molecule has 0 rings (SSSR count). The molecule has 5 nitrogen and oxygen atoms in total. The lowest BCUT2D eigenvalue weighted by Crippen LogP contribution is -2.25. The van der Waals surface area contributed by atoms with E-state index in [0.29, 0.717) is 12.8 Å². The van der Waals surface area contributed by atoms with Gasteiger partial charge in [-0.2, -0.15) is 0 Å². The maximum atomic E-state index is 12.6. The molecular weight excluding hydrogens is 402 g/mol. The first-order chi connectivity index (χ1) is 14.4. The van der Waals surface area contributed by atoms with Gasteiger partial charge in [0.1, 0.15) is 6.61 Å². The van der Waals surface area contributed by atoms with Crippen LogP contribution >= 0.6 is 11.6 Å². The van der Waals surface area contributed by atoms with Crippen LogP contribution in [0.1, 0.15) is 104 Å². The molecule has 0 amide bonds. The van der Waals surface area contributed by atoms with Crippen LogP contribution in [0.3, 0.4) is 0 Å². The van der Waals surface area contributed by atoms with Gasteiger partial charge in [0.25, 0.3) is 0 Å². The Kier molecular flexibility index (Phi) is 19.6. The number of halogens is 1. The SMILES string of the molecule is CCCCCCCCCC(CCCCC)C(=O)OCC(Cl)OC(=O)CCCN(C)C. The minimum Gasteiger partial charge on any atom is -0.460 e. The van der Waals surface area contributed by atoms with Gasteiger partial charge in [0.2, 0.25) is 5.56 Å². The van der Waals surface area contributed by atoms with E-state index < -0.39 is 5.56 Å². The molecule has 0 fully saturated rings. The number of carbonyl (C=O) groups is 2. The van der Waals surface area contributed by atoms with Crippen LogP contribution in [0.4, 0.5) is 0 Å². The third kappa shape index (κ3) is 18.0. The number of esters is 2. The van der Waals surface area contributed by atoms with Crippen molar-refractivity contribution >= 4 is 23.5 Å². The van der Waals surface area contributed by atoms with E-state index in [9.17, 15) is 9.59 Å². The largest absolute Gasteiger partial charge is 0.460 e. The molecule has 6 heteroatoms. The van der Waals surface area contributed by atoms with E-state index in [1.54, 1.807) is 0 Å². The highest BCUT2D eigenvalue weighted by Crippen LogP contribution is 2.20. The van der Waals surface area contributed by atoms with Crippen LogP contribution in [-0.4, -0.2) is 49.6 Å². The highest BCUT2D eigenvalue weighted by molar-refractivity contribution is 6.20. The normalized spacial score (nSPS) is 13.3. The van der Waals surface area contributed by atoms with Crippen LogP contribution in [-0.2, 0) is 19.1 Å². The summed E-state index contributed by atoms with van der Waals surface area (Å²) in [6, 6.07) is 0. The van der Waals surface area contributed by atoms with E-state index in [2.05, 4.69) is 13.8 Å². The van der Waals surface area contributed by atoms with Crippen LogP contribution in [0.25, 0.3) is 0 Å². The Hall–Kier alpha value is -0.810. The van der Waals surface area contributed by atoms with Crippen LogP contribution in [0, 0.1) is 5.92 Å². The summed E-state index contributed by atoms with van der Waals surface area (Å²) < 4.78 is 10.5. The fourth-order valence-electron chi connectivity index (χ4n) is 3.41. The maximum absolute atomic E-state index is 12.6. The number of ether oxygens (including phenoxy) is 2. The Labute approximate surface area is 190 Å². The molecule has 0 radical (unpaired) electrons. The van der Waals surface area contributed by atoms with Crippen molar-refractivity contribution in [3.63, 3.8) is 0 Å². The Morgan fingerprint density at radius 1 is 0.833 bits per heavy atom. The number of hydrogen-bond donors (Lipinski definition) is 0. The van der Waals surface area contributed by atoms with Gasteiger partial charge >= 0.3 is 11.9 Å². The molecule has 0 aromatic heterocycles. The molecule has 2 unspecified atom stereocenters. The number of nitrogens with zero attached hydrogens (tertiary/aromatic N) is 1. The van der Waals surface area contributed by atoms with Crippen LogP contribution in [0.15, 0.2) is 0 Å². The fourth-order valence-corrected chi connectivity index (χ4v) is 3.57. The third-order valence-electron chi connectivity index (χ3n) is 5.25. The standard InChI is InChI=1S/C24H46ClNO4/c1-5-7-9-10-11-12-14-17-21(16-13-8-6-2)24(28)29-20-22(25)30-23(27)18-15-19-26(3)4/h21-22H,5-20H2,1-4H3. The molecule has 0 N–H and O–H groups in total. The first-order valence-electron chi connectivity index (χ1n) is 12.1. The predicted molar refractivity (Wildman–Crippen MR) is 125 cm³/mol. The summed E-state index contributed by atoms with van der Waals surface area (Å²) in [4.78, 5) is 26.4. The molecule has 0 aromatic rings. The zero-order chi connectivity index (χ0) is 22.6. The molecule has 0 aromatic carbocycles. The summed E-state index contributed by atoms with van der Waals surface area (Å²) in [5, 5.41) is 0. The van der Waals surface area contributed by atoms with Gasteiger partial charge in [0.05, 0.1) is 5.92 Å². The number of hydrogen-bond acceptors (Lipinski definition) is 5. The zero-order valence-corrected chi connectivity index (χ0v) is 20.7. The molecule has 0 aliphatic heterocycles. The summed E-state index contributed by atoms with van der Waals surface area (Å²) >= 11 is 6.05. The second-order valence-electron chi connectivity index (χ2n) is 8.54. The van der Waals surface area contributed by atoms with Crippen LogP contribution in [0.5, 0.6) is 0 Å². The highest BCUT2D eigenvalue weighted by Gasteiger charge is 2.21. The van der Waals surface area contributed by atoms with Crippen molar-refractivity contribution in [3.8, 4) is 0 Å². The Morgan fingerprint density at radius 3 is 1.97 bits per heavy atom. The Balaban J connectivity index is 4.20. The van der Waals surface area contributed by atoms with Gasteiger partial charge in [0.15, 0.2) is 0 Å². The minimum absolute atomic E-state index is 0.0770. The van der Waals surface area contributed by atoms with Gasteiger partial charge < -0.3 is 14.4 Å². The summed E-state index contributed by atoms with van der Waals surface area (Å²) in [5.74, 6) is -0.631. The smallest absolute Gasteiger partial charge is 0.309 e. The zero-order valence-electron chi connectivity index (χ0n) is 19.9. The molecule has 30 heavy (non-hydrogen) atoms. The average Bonchev–Trinajstić information content (AvgIpc) is 2.69. The Bertz CT molecular complexity index is 431. The topological polar surface area (TPSA) is 55.8 Å². The molecule has 2 atom stereocenters. The lowest BCUT2D eigenvalue weighted by atomic mass is 9.94. The summed E-state index contributed by atoms with van der Waals surface area (Å²) in [6.45, 7) is 5.12. The molecule has 0 saturated carbocycles. The molecule has 0 aliphatic carbocycles. The first-order valence-corrected chi connectivity index (χ1v) is 12.5. The predicted octanol–water partition coefficient (Wildman–Crippen LogP) is 6.32. The van der Waals surface area contributed by atoms with E-state index in [1.165, 1.54) is 38.5 Å². The highest BCUT2D eigenvalue weighted by atomic mass is 35.5. The molecule has 178 valence electrons. The van der Waals surface area contributed by atoms with Gasteiger partial charge in [0, 0.05) is 6.42 Å². The average molecular weight is 448 g/mol. The fraction of sp³-hybridized carbons (Fsp3) is 0.917. The number of unbranched alkanes of at least 4 members (excludes halogenated alkanes) is 8. The second-order valence-corrected chi connectivity index (χ2v) is 9.03. The van der Waals surface area contributed by atoms with Gasteiger partial charge in [-0.1, -0.05) is 89.7 Å². The molecule has 0 aliphatic rings. The number of carbonyl (C=O) groups excluding carboxylic acids is 2. The van der Waals surface area contributed by atoms with Crippen molar-refractivity contribution in [1.82, 2.24) is 4.90 Å². The van der Waals surface area contributed by atoms with Gasteiger partial charge in [-0.3, -0.25) is 9.59 Å². The van der Waals surface area contributed by atoms with Crippen LogP contribution < -0.4 is 0 Å². The van der Waals surface area contributed by atoms with Gasteiger partial charge in [-0.25, -0.2) is 0 Å². The van der Waals surface area contributed by atoms with Crippen molar-refractivity contribution < 1.29 is 19.1 Å². The summed E-state index contributed by atoms with van der Waals surface area (Å²) in [6.07, 6.45) is 14.7. The monoisotopic (exact) mass is 447 g/mol. The molecule has 0 spiro atoms. The number of alkyl halides is 1. The van der Waals surface area contributed by atoms with Crippen molar-refractivity contribution in [3.05, 3.63) is 0 Å².